The fraction of sp³-hybridized carbons (Fsp3) is 0. The van der Waals surface area contributed by atoms with Crippen LogP contribution in [0.3, 0.4) is 0 Å². The molecule has 1 N–H and O–H groups in total. The molecule has 0 atom stereocenters. The molecule has 2 aromatic rings. The lowest BCUT2D eigenvalue weighted by atomic mass is 10.2. The van der Waals surface area contributed by atoms with E-state index in [1.807, 2.05) is 0 Å². The van der Waals surface area contributed by atoms with Gasteiger partial charge in [-0.15, -0.1) is 0 Å². The second-order valence-electron chi connectivity index (χ2n) is 3.99. The van der Waals surface area contributed by atoms with E-state index in [-0.39, 0.29) is 5.56 Å². The average molecular weight is 296 g/mol. The highest BCUT2D eigenvalue weighted by Gasteiger charge is 2.18. The Hall–Kier alpha value is -2.21. The van der Waals surface area contributed by atoms with Crippen LogP contribution in [0.15, 0.2) is 58.8 Å². The zero-order valence-electron chi connectivity index (χ0n) is 10.1. The predicted octanol–water partition coefficient (Wildman–Crippen LogP) is 3.30. The monoisotopic (exact) mass is 296 g/mol. The first-order valence-corrected chi connectivity index (χ1v) is 7.11. The van der Waals surface area contributed by atoms with Crippen LogP contribution < -0.4 is 0 Å². The number of aliphatic hydroxyl groups excluding tert-OH is 1. The zero-order valence-corrected chi connectivity index (χ0v) is 10.9. The molecule has 0 aliphatic carbocycles. The lowest BCUT2D eigenvalue weighted by Crippen LogP contribution is -2.02. The minimum absolute atomic E-state index is 0.276. The average Bonchev–Trinajstić information content (AvgIpc) is 2.38. The Morgan fingerprint density at radius 2 is 1.70 bits per heavy atom. The number of hydrogen-bond acceptors (Lipinski definition) is 3. The summed E-state index contributed by atoms with van der Waals surface area (Å²) in [5, 5.41) is 10.3. The van der Waals surface area contributed by atoms with Crippen LogP contribution in [0, 0.1) is 11.6 Å². The van der Waals surface area contributed by atoms with E-state index in [0.29, 0.717) is 11.5 Å². The highest BCUT2D eigenvalue weighted by molar-refractivity contribution is 7.94. The number of sulfone groups is 1. The number of hydrogen-bond donors (Lipinski definition) is 1. The molecule has 2 rings (SSSR count). The molecule has 0 bridgehead atoms. The van der Waals surface area contributed by atoms with Crippen LogP contribution >= 0.6 is 0 Å². The largest absolute Gasteiger partial charge is 0.507 e. The maximum atomic E-state index is 13.5. The number of aliphatic hydroxyl groups is 1. The van der Waals surface area contributed by atoms with Gasteiger partial charge in [0.15, 0.2) is 0 Å². The van der Waals surface area contributed by atoms with E-state index in [9.17, 15) is 22.3 Å². The third kappa shape index (κ3) is 3.03. The van der Waals surface area contributed by atoms with Crippen molar-refractivity contribution in [2.75, 3.05) is 0 Å². The molecule has 104 valence electrons. The Morgan fingerprint density at radius 3 is 2.30 bits per heavy atom. The van der Waals surface area contributed by atoms with Gasteiger partial charge in [-0.3, -0.25) is 0 Å². The topological polar surface area (TPSA) is 54.4 Å². The Morgan fingerprint density at radius 1 is 1.05 bits per heavy atom. The van der Waals surface area contributed by atoms with Crippen LogP contribution in [-0.2, 0) is 9.84 Å². The molecule has 0 amide bonds. The lowest BCUT2D eigenvalue weighted by molar-refractivity contribution is 0.511. The third-order valence-corrected chi connectivity index (χ3v) is 4.01. The van der Waals surface area contributed by atoms with E-state index >= 15 is 0 Å². The first-order valence-electron chi connectivity index (χ1n) is 5.56. The van der Waals surface area contributed by atoms with E-state index in [1.54, 1.807) is 18.2 Å². The van der Waals surface area contributed by atoms with Crippen molar-refractivity contribution in [2.24, 2.45) is 0 Å². The fourth-order valence-electron chi connectivity index (χ4n) is 1.59. The van der Waals surface area contributed by atoms with Crippen LogP contribution in [0.1, 0.15) is 5.56 Å². The molecule has 0 unspecified atom stereocenters. The molecule has 3 nitrogen and oxygen atoms in total. The summed E-state index contributed by atoms with van der Waals surface area (Å²) >= 11 is 0. The molecule has 0 aromatic heterocycles. The van der Waals surface area contributed by atoms with Crippen molar-refractivity contribution in [3.8, 4) is 0 Å². The van der Waals surface area contributed by atoms with Crippen molar-refractivity contribution in [3.05, 3.63) is 71.1 Å². The summed E-state index contributed by atoms with van der Waals surface area (Å²) in [6.07, 6.45) is 0. The van der Waals surface area contributed by atoms with Gasteiger partial charge in [-0.25, -0.2) is 17.2 Å². The van der Waals surface area contributed by atoms with E-state index in [2.05, 4.69) is 0 Å². The maximum absolute atomic E-state index is 13.5. The molecular weight excluding hydrogens is 286 g/mol. The summed E-state index contributed by atoms with van der Waals surface area (Å²) in [5.74, 6) is -2.60. The van der Waals surface area contributed by atoms with Crippen molar-refractivity contribution in [2.45, 2.75) is 4.90 Å². The molecule has 0 saturated carbocycles. The van der Waals surface area contributed by atoms with Gasteiger partial charge >= 0.3 is 0 Å². The van der Waals surface area contributed by atoms with Crippen molar-refractivity contribution in [3.63, 3.8) is 0 Å². The van der Waals surface area contributed by atoms with Crippen molar-refractivity contribution in [1.82, 2.24) is 0 Å². The van der Waals surface area contributed by atoms with Gasteiger partial charge in [-0.05, 0) is 12.1 Å². The summed E-state index contributed by atoms with van der Waals surface area (Å²) in [7, 11) is -4.21. The Bertz CT molecular complexity index is 753. The van der Waals surface area contributed by atoms with Gasteiger partial charge in [0.1, 0.15) is 22.3 Å². The van der Waals surface area contributed by atoms with E-state index < -0.39 is 32.1 Å². The normalized spacial score (nSPS) is 12.4. The summed E-state index contributed by atoms with van der Waals surface area (Å²) < 4.78 is 50.1. The molecule has 0 saturated heterocycles. The molecule has 0 aliphatic heterocycles. The minimum atomic E-state index is -4.21. The minimum Gasteiger partial charge on any atom is -0.507 e. The van der Waals surface area contributed by atoms with Gasteiger partial charge in [-0.2, -0.15) is 0 Å². The van der Waals surface area contributed by atoms with Gasteiger partial charge in [0.25, 0.3) is 0 Å². The van der Waals surface area contributed by atoms with E-state index in [0.717, 1.165) is 12.1 Å². The van der Waals surface area contributed by atoms with Crippen molar-refractivity contribution in [1.29, 1.82) is 0 Å². The van der Waals surface area contributed by atoms with Gasteiger partial charge in [0.2, 0.25) is 9.84 Å². The second kappa shape index (κ2) is 5.42. The standard InChI is InChI=1S/C14H10F2O3S/c15-11-6-7-14(12(16)8-11)20(18,19)9-13(17)10-4-2-1-3-5-10/h1-9,17H. The van der Waals surface area contributed by atoms with Crippen LogP contribution in [0.5, 0.6) is 0 Å². The quantitative estimate of drug-likeness (QED) is 0.698. The fourth-order valence-corrected chi connectivity index (χ4v) is 2.74. The second-order valence-corrected chi connectivity index (χ2v) is 5.75. The maximum Gasteiger partial charge on any atom is 0.206 e. The SMILES string of the molecule is O=S(=O)(C=C(O)c1ccccc1)c1ccc(F)cc1F. The van der Waals surface area contributed by atoms with Crippen LogP contribution in [0.4, 0.5) is 8.78 Å². The summed E-state index contributed by atoms with van der Waals surface area (Å²) in [6, 6.07) is 10.1. The Labute approximate surface area is 114 Å². The molecule has 2 aromatic carbocycles. The van der Waals surface area contributed by atoms with Crippen LogP contribution in [0.25, 0.3) is 5.76 Å². The molecule has 0 radical (unpaired) electrons. The molecular formula is C14H10F2O3S. The smallest absolute Gasteiger partial charge is 0.206 e. The number of benzene rings is 2. The van der Waals surface area contributed by atoms with Crippen LogP contribution in [0.2, 0.25) is 0 Å². The number of halogens is 2. The summed E-state index contributed by atoms with van der Waals surface area (Å²) in [5.41, 5.74) is 0.276. The van der Waals surface area contributed by atoms with Gasteiger partial charge in [0, 0.05) is 11.6 Å². The van der Waals surface area contributed by atoms with E-state index in [4.69, 9.17) is 0 Å². The first-order chi connectivity index (χ1) is 9.40. The first kappa shape index (κ1) is 14.2. The van der Waals surface area contributed by atoms with Gasteiger partial charge in [-0.1, -0.05) is 30.3 Å². The summed E-state index contributed by atoms with van der Waals surface area (Å²) in [4.78, 5) is -0.693. The molecule has 0 aliphatic rings. The van der Waals surface area contributed by atoms with Crippen molar-refractivity contribution < 1.29 is 22.3 Å². The highest BCUT2D eigenvalue weighted by atomic mass is 32.2. The Balaban J connectivity index is 2.46. The zero-order chi connectivity index (χ0) is 14.8. The van der Waals surface area contributed by atoms with E-state index in [1.165, 1.54) is 12.1 Å². The van der Waals surface area contributed by atoms with Gasteiger partial charge < -0.3 is 5.11 Å². The predicted molar refractivity (Wildman–Crippen MR) is 70.6 cm³/mol. The van der Waals surface area contributed by atoms with Gasteiger partial charge in [0.05, 0.1) is 5.41 Å². The van der Waals surface area contributed by atoms with Crippen LogP contribution in [-0.4, -0.2) is 13.5 Å². The lowest BCUT2D eigenvalue weighted by Gasteiger charge is -2.03. The highest BCUT2D eigenvalue weighted by Crippen LogP contribution is 2.21. The third-order valence-electron chi connectivity index (χ3n) is 2.54. The molecule has 0 spiro atoms. The molecule has 6 heteroatoms. The Kier molecular flexibility index (Phi) is 3.85. The molecule has 0 fully saturated rings. The number of rotatable bonds is 3. The molecule has 20 heavy (non-hydrogen) atoms. The molecule has 0 heterocycles. The van der Waals surface area contributed by atoms with Crippen molar-refractivity contribution >= 4 is 15.6 Å². The summed E-state index contributed by atoms with van der Waals surface area (Å²) in [6.45, 7) is 0.